The molecule has 2 fully saturated rings. The SMILES string of the molecule is O=C(O)NCCN1CCOCC12CC2. The van der Waals surface area contributed by atoms with Gasteiger partial charge in [-0.25, -0.2) is 4.79 Å². The van der Waals surface area contributed by atoms with E-state index in [0.29, 0.717) is 6.54 Å². The van der Waals surface area contributed by atoms with Crippen LogP contribution in [0.1, 0.15) is 12.8 Å². The minimum absolute atomic E-state index is 0.262. The Morgan fingerprint density at radius 3 is 3.00 bits per heavy atom. The van der Waals surface area contributed by atoms with Gasteiger partial charge in [-0.05, 0) is 12.8 Å². The molecule has 1 spiro atoms. The highest BCUT2D eigenvalue weighted by Gasteiger charge is 2.49. The van der Waals surface area contributed by atoms with Crippen LogP contribution >= 0.6 is 0 Å². The van der Waals surface area contributed by atoms with E-state index in [2.05, 4.69) is 10.2 Å². The van der Waals surface area contributed by atoms with Gasteiger partial charge in [0.05, 0.1) is 13.2 Å². The average Bonchev–Trinajstić information content (AvgIpc) is 2.89. The molecule has 0 aromatic heterocycles. The molecule has 1 heterocycles. The number of nitrogens with zero attached hydrogens (tertiary/aromatic N) is 1. The first-order valence-electron chi connectivity index (χ1n) is 5.03. The van der Waals surface area contributed by atoms with Gasteiger partial charge in [0.15, 0.2) is 0 Å². The molecular weight excluding hydrogens is 184 g/mol. The second-order valence-electron chi connectivity index (χ2n) is 4.00. The molecular formula is C9H16N2O3. The summed E-state index contributed by atoms with van der Waals surface area (Å²) >= 11 is 0. The minimum atomic E-state index is -0.942. The highest BCUT2D eigenvalue weighted by atomic mass is 16.5. The first kappa shape index (κ1) is 9.73. The summed E-state index contributed by atoms with van der Waals surface area (Å²) in [6, 6.07) is 0. The molecule has 80 valence electrons. The Morgan fingerprint density at radius 2 is 2.36 bits per heavy atom. The Labute approximate surface area is 83.0 Å². The lowest BCUT2D eigenvalue weighted by Crippen LogP contribution is -2.50. The molecule has 2 rings (SSSR count). The zero-order valence-electron chi connectivity index (χ0n) is 8.16. The van der Waals surface area contributed by atoms with Crippen molar-refractivity contribution in [3.63, 3.8) is 0 Å². The Morgan fingerprint density at radius 1 is 1.57 bits per heavy atom. The molecule has 0 aromatic rings. The van der Waals surface area contributed by atoms with Crippen LogP contribution in [0.2, 0.25) is 0 Å². The maximum absolute atomic E-state index is 10.3. The summed E-state index contributed by atoms with van der Waals surface area (Å²) in [7, 11) is 0. The minimum Gasteiger partial charge on any atom is -0.465 e. The molecule has 2 aliphatic rings. The zero-order valence-corrected chi connectivity index (χ0v) is 8.16. The van der Waals surface area contributed by atoms with Crippen molar-refractivity contribution in [3.8, 4) is 0 Å². The van der Waals surface area contributed by atoms with E-state index in [0.717, 1.165) is 26.3 Å². The number of nitrogens with one attached hydrogen (secondary N) is 1. The second kappa shape index (κ2) is 3.74. The van der Waals surface area contributed by atoms with E-state index >= 15 is 0 Å². The summed E-state index contributed by atoms with van der Waals surface area (Å²) in [6.07, 6.45) is 1.45. The van der Waals surface area contributed by atoms with Gasteiger partial charge < -0.3 is 15.2 Å². The normalized spacial score (nSPS) is 24.9. The maximum Gasteiger partial charge on any atom is 0.404 e. The van der Waals surface area contributed by atoms with Gasteiger partial charge in [-0.15, -0.1) is 0 Å². The standard InChI is InChI=1S/C9H16N2O3/c12-8(13)10-3-4-11-5-6-14-7-9(11)1-2-9/h10H,1-7H2,(H,12,13). The van der Waals surface area contributed by atoms with Gasteiger partial charge in [-0.3, -0.25) is 4.90 Å². The van der Waals surface area contributed by atoms with Crippen LogP contribution in [0, 0.1) is 0 Å². The molecule has 14 heavy (non-hydrogen) atoms. The van der Waals surface area contributed by atoms with Gasteiger partial charge in [-0.2, -0.15) is 0 Å². The molecule has 0 atom stereocenters. The molecule has 1 amide bonds. The molecule has 0 bridgehead atoms. The molecule has 0 unspecified atom stereocenters. The summed E-state index contributed by atoms with van der Waals surface area (Å²) in [6.45, 7) is 3.84. The summed E-state index contributed by atoms with van der Waals surface area (Å²) in [4.78, 5) is 12.6. The number of hydrogen-bond acceptors (Lipinski definition) is 3. The van der Waals surface area contributed by atoms with Gasteiger partial charge in [0.25, 0.3) is 0 Å². The summed E-state index contributed by atoms with van der Waals surface area (Å²) in [5, 5.41) is 10.8. The number of carbonyl (C=O) groups is 1. The molecule has 1 aliphatic carbocycles. The van der Waals surface area contributed by atoms with Crippen molar-refractivity contribution in [2.24, 2.45) is 0 Å². The first-order valence-corrected chi connectivity index (χ1v) is 5.03. The Balaban J connectivity index is 1.75. The lowest BCUT2D eigenvalue weighted by Gasteiger charge is -2.35. The molecule has 1 aliphatic heterocycles. The number of carboxylic acid groups (broad SMARTS) is 1. The summed E-state index contributed by atoms with van der Waals surface area (Å²) in [5.74, 6) is 0. The van der Waals surface area contributed by atoms with Gasteiger partial charge in [0.2, 0.25) is 0 Å². The van der Waals surface area contributed by atoms with Crippen LogP contribution in [0.4, 0.5) is 4.79 Å². The number of hydrogen-bond donors (Lipinski definition) is 2. The van der Waals surface area contributed by atoms with Crippen molar-refractivity contribution in [3.05, 3.63) is 0 Å². The van der Waals surface area contributed by atoms with Gasteiger partial charge >= 0.3 is 6.09 Å². The average molecular weight is 200 g/mol. The third-order valence-electron chi connectivity index (χ3n) is 3.03. The first-order chi connectivity index (χ1) is 6.73. The van der Waals surface area contributed by atoms with E-state index in [1.165, 1.54) is 12.8 Å². The number of amides is 1. The smallest absolute Gasteiger partial charge is 0.404 e. The van der Waals surface area contributed by atoms with Crippen molar-refractivity contribution in [2.45, 2.75) is 18.4 Å². The fourth-order valence-corrected chi connectivity index (χ4v) is 2.02. The van der Waals surface area contributed by atoms with Crippen molar-refractivity contribution in [1.82, 2.24) is 10.2 Å². The van der Waals surface area contributed by atoms with E-state index < -0.39 is 6.09 Å². The van der Waals surface area contributed by atoms with Crippen molar-refractivity contribution < 1.29 is 14.6 Å². The van der Waals surface area contributed by atoms with Gasteiger partial charge in [-0.1, -0.05) is 0 Å². The third-order valence-corrected chi connectivity index (χ3v) is 3.03. The van der Waals surface area contributed by atoms with Crippen molar-refractivity contribution >= 4 is 6.09 Å². The lowest BCUT2D eigenvalue weighted by molar-refractivity contribution is -0.0192. The van der Waals surface area contributed by atoms with Crippen LogP contribution in [0.15, 0.2) is 0 Å². The Kier molecular flexibility index (Phi) is 2.60. The third kappa shape index (κ3) is 1.99. The molecule has 5 nitrogen and oxygen atoms in total. The fraction of sp³-hybridized carbons (Fsp3) is 0.889. The molecule has 0 radical (unpaired) electrons. The molecule has 1 saturated carbocycles. The van der Waals surface area contributed by atoms with Crippen molar-refractivity contribution in [1.29, 1.82) is 0 Å². The fourth-order valence-electron chi connectivity index (χ4n) is 2.02. The number of rotatable bonds is 3. The van der Waals surface area contributed by atoms with Crippen LogP contribution in [0.25, 0.3) is 0 Å². The van der Waals surface area contributed by atoms with Crippen molar-refractivity contribution in [2.75, 3.05) is 32.8 Å². The van der Waals surface area contributed by atoms with Crippen LogP contribution < -0.4 is 5.32 Å². The van der Waals surface area contributed by atoms with E-state index in [1.54, 1.807) is 0 Å². The van der Waals surface area contributed by atoms with E-state index in [9.17, 15) is 4.79 Å². The van der Waals surface area contributed by atoms with Crippen LogP contribution in [-0.2, 0) is 4.74 Å². The molecule has 0 aromatic carbocycles. The largest absolute Gasteiger partial charge is 0.465 e. The highest BCUT2D eigenvalue weighted by Crippen LogP contribution is 2.43. The summed E-state index contributed by atoms with van der Waals surface area (Å²) in [5.41, 5.74) is 0.262. The van der Waals surface area contributed by atoms with E-state index in [4.69, 9.17) is 9.84 Å². The quantitative estimate of drug-likeness (QED) is 0.679. The maximum atomic E-state index is 10.3. The predicted octanol–water partition coefficient (Wildman–Crippen LogP) is 0.119. The van der Waals surface area contributed by atoms with Gasteiger partial charge in [0.1, 0.15) is 0 Å². The van der Waals surface area contributed by atoms with Crippen LogP contribution in [0.5, 0.6) is 0 Å². The second-order valence-corrected chi connectivity index (χ2v) is 4.00. The lowest BCUT2D eigenvalue weighted by atomic mass is 10.2. The molecule has 1 saturated heterocycles. The summed E-state index contributed by atoms with van der Waals surface area (Å²) < 4.78 is 5.43. The Hall–Kier alpha value is -0.810. The van der Waals surface area contributed by atoms with Crippen LogP contribution in [0.3, 0.4) is 0 Å². The topological polar surface area (TPSA) is 61.8 Å². The number of morpholine rings is 1. The van der Waals surface area contributed by atoms with Crippen LogP contribution in [-0.4, -0.2) is 54.5 Å². The van der Waals surface area contributed by atoms with Gasteiger partial charge in [0, 0.05) is 25.2 Å². The zero-order chi connectivity index (χ0) is 10.0. The number of ether oxygens (including phenoxy) is 1. The molecule has 2 N–H and O–H groups in total. The monoisotopic (exact) mass is 200 g/mol. The highest BCUT2D eigenvalue weighted by molar-refractivity contribution is 5.64. The molecule has 5 heteroatoms. The van der Waals surface area contributed by atoms with E-state index in [-0.39, 0.29) is 5.54 Å². The Bertz CT molecular complexity index is 228. The van der Waals surface area contributed by atoms with E-state index in [1.807, 2.05) is 0 Å². The predicted molar refractivity (Wildman–Crippen MR) is 50.4 cm³/mol.